The molecule has 0 aliphatic carbocycles. The van der Waals surface area contributed by atoms with Crippen LogP contribution in [-0.4, -0.2) is 22.0 Å². The van der Waals surface area contributed by atoms with Gasteiger partial charge in [-0.25, -0.2) is 4.98 Å². The van der Waals surface area contributed by atoms with Crippen molar-refractivity contribution in [3.05, 3.63) is 83.4 Å². The summed E-state index contributed by atoms with van der Waals surface area (Å²) in [5, 5.41) is 0. The van der Waals surface area contributed by atoms with E-state index >= 15 is 0 Å². The lowest BCUT2D eigenvalue weighted by molar-refractivity contribution is -0.143. The molecule has 2 aromatic carbocycles. The molecule has 3 rings (SSSR count). The molecular formula is C23H17F6N3O. The van der Waals surface area contributed by atoms with Crippen LogP contribution >= 0.6 is 0 Å². The lowest BCUT2D eigenvalue weighted by atomic mass is 10.00. The van der Waals surface area contributed by atoms with Crippen molar-refractivity contribution in [1.29, 1.82) is 0 Å². The molecule has 0 spiro atoms. The predicted molar refractivity (Wildman–Crippen MR) is 109 cm³/mol. The van der Waals surface area contributed by atoms with E-state index in [-0.39, 0.29) is 12.6 Å². The second-order valence-corrected chi connectivity index (χ2v) is 7.05. The minimum atomic E-state index is -5.06. The van der Waals surface area contributed by atoms with Crippen molar-refractivity contribution in [2.75, 3.05) is 11.4 Å². The first kappa shape index (κ1) is 23.9. The van der Waals surface area contributed by atoms with Gasteiger partial charge in [0.05, 0.1) is 36.6 Å². The first-order valence-electron chi connectivity index (χ1n) is 9.54. The van der Waals surface area contributed by atoms with Gasteiger partial charge in [0.2, 0.25) is 5.91 Å². The molecule has 0 bridgehead atoms. The maximum absolute atomic E-state index is 13.5. The minimum absolute atomic E-state index is 0.0255. The molecule has 33 heavy (non-hydrogen) atoms. The fourth-order valence-electron chi connectivity index (χ4n) is 3.05. The van der Waals surface area contributed by atoms with Crippen molar-refractivity contribution >= 4 is 11.6 Å². The number of hydrogen-bond donors (Lipinski definition) is 0. The molecule has 4 nitrogen and oxygen atoms in total. The molecule has 172 valence electrons. The Labute approximate surface area is 185 Å². The number of rotatable bonds is 4. The average molecular weight is 465 g/mol. The molecule has 0 saturated carbocycles. The van der Waals surface area contributed by atoms with Crippen LogP contribution in [0.25, 0.3) is 0 Å². The lowest BCUT2D eigenvalue weighted by Gasteiger charge is -2.22. The summed E-state index contributed by atoms with van der Waals surface area (Å²) in [6.07, 6.45) is -7.71. The van der Waals surface area contributed by atoms with Gasteiger partial charge < -0.3 is 9.47 Å². The quantitative estimate of drug-likeness (QED) is 0.398. The topological polar surface area (TPSA) is 38.1 Å². The molecule has 0 saturated heterocycles. The fourth-order valence-corrected chi connectivity index (χ4v) is 3.05. The van der Waals surface area contributed by atoms with Gasteiger partial charge in [-0.3, -0.25) is 4.79 Å². The smallest absolute Gasteiger partial charge is 0.327 e. The van der Waals surface area contributed by atoms with E-state index in [1.165, 1.54) is 17.4 Å². The lowest BCUT2D eigenvalue weighted by Crippen LogP contribution is -2.33. The highest BCUT2D eigenvalue weighted by Gasteiger charge is 2.38. The third-order valence-corrected chi connectivity index (χ3v) is 4.72. The molecule has 0 aliphatic heterocycles. The van der Waals surface area contributed by atoms with Gasteiger partial charge in [-0.15, -0.1) is 0 Å². The van der Waals surface area contributed by atoms with Gasteiger partial charge in [0.1, 0.15) is 5.69 Å². The first-order chi connectivity index (χ1) is 15.5. The van der Waals surface area contributed by atoms with Crippen LogP contribution in [0.15, 0.2) is 61.1 Å². The summed E-state index contributed by atoms with van der Waals surface area (Å²) in [5.74, 6) is 4.87. The van der Waals surface area contributed by atoms with Crippen LogP contribution in [0.1, 0.15) is 22.4 Å². The Morgan fingerprint density at radius 2 is 1.73 bits per heavy atom. The summed E-state index contributed by atoms with van der Waals surface area (Å²) in [7, 11) is 1.72. The van der Waals surface area contributed by atoms with Crippen molar-refractivity contribution in [2.45, 2.75) is 18.8 Å². The van der Waals surface area contributed by atoms with E-state index in [1.807, 2.05) is 0 Å². The second kappa shape index (κ2) is 9.40. The van der Waals surface area contributed by atoms with Crippen LogP contribution in [0, 0.1) is 11.8 Å². The summed E-state index contributed by atoms with van der Waals surface area (Å²) in [6, 6.07) is 9.40. The van der Waals surface area contributed by atoms with Gasteiger partial charge in [-0.1, -0.05) is 30.2 Å². The fraction of sp³-hybridized carbons (Fsp3) is 0.217. The Kier molecular flexibility index (Phi) is 6.81. The minimum Gasteiger partial charge on any atom is -0.327 e. The van der Waals surface area contributed by atoms with Crippen molar-refractivity contribution in [3.63, 3.8) is 0 Å². The first-order valence-corrected chi connectivity index (χ1v) is 9.54. The highest BCUT2D eigenvalue weighted by atomic mass is 19.4. The molecule has 1 aromatic heterocycles. The summed E-state index contributed by atoms with van der Waals surface area (Å²) >= 11 is 0. The van der Waals surface area contributed by atoms with E-state index in [4.69, 9.17) is 0 Å². The number of aromatic nitrogens is 2. The summed E-state index contributed by atoms with van der Waals surface area (Å²) in [5.41, 5.74) is -2.53. The monoisotopic (exact) mass is 465 g/mol. The predicted octanol–water partition coefficient (Wildman–Crippen LogP) is 5.09. The second-order valence-electron chi connectivity index (χ2n) is 7.05. The van der Waals surface area contributed by atoms with Crippen LogP contribution in [0.3, 0.4) is 0 Å². The summed E-state index contributed by atoms with van der Waals surface area (Å²) in [6.45, 7) is -0.143. The average Bonchev–Trinajstić information content (AvgIpc) is 3.15. The number of halogens is 6. The standard InChI is InChI=1S/C23H17F6N3O/c1-31-15-30-14-19(31)8-5-11-32(18-6-3-2-4-7-18)21(33)12-16-9-10-17(22(24,25)26)13-20(16)23(27,28)29/h2-4,6-7,9-10,13-15H,11-12H2,1H3. The highest BCUT2D eigenvalue weighted by Crippen LogP contribution is 2.37. The molecule has 0 unspecified atom stereocenters. The number of amides is 1. The Morgan fingerprint density at radius 1 is 1.03 bits per heavy atom. The number of hydrogen-bond acceptors (Lipinski definition) is 2. The molecule has 1 heterocycles. The van der Waals surface area contributed by atoms with Crippen LogP contribution in [0.4, 0.5) is 32.0 Å². The van der Waals surface area contributed by atoms with Crippen molar-refractivity contribution < 1.29 is 31.1 Å². The van der Waals surface area contributed by atoms with Gasteiger partial charge >= 0.3 is 12.4 Å². The van der Waals surface area contributed by atoms with Crippen LogP contribution in [0.2, 0.25) is 0 Å². The SMILES string of the molecule is Cn1cncc1C#CCN(C(=O)Cc1ccc(C(F)(F)F)cc1C(F)(F)F)c1ccccc1. The van der Waals surface area contributed by atoms with Gasteiger partial charge in [0.25, 0.3) is 0 Å². The van der Waals surface area contributed by atoms with Gasteiger partial charge in [-0.05, 0) is 35.7 Å². The molecule has 0 aliphatic rings. The number of para-hydroxylation sites is 1. The van der Waals surface area contributed by atoms with Crippen LogP contribution in [0.5, 0.6) is 0 Å². The number of imidazole rings is 1. The molecule has 0 N–H and O–H groups in total. The number of anilines is 1. The molecule has 3 aromatic rings. The van der Waals surface area contributed by atoms with Gasteiger partial charge in [0.15, 0.2) is 0 Å². The van der Waals surface area contributed by atoms with E-state index < -0.39 is 41.4 Å². The summed E-state index contributed by atoms with van der Waals surface area (Å²) < 4.78 is 80.8. The molecule has 0 atom stereocenters. The van der Waals surface area contributed by atoms with E-state index in [0.29, 0.717) is 23.5 Å². The number of carbonyl (C=O) groups excluding carboxylic acids is 1. The van der Waals surface area contributed by atoms with Gasteiger partial charge in [0, 0.05) is 12.7 Å². The Bertz CT molecular complexity index is 1190. The van der Waals surface area contributed by atoms with Gasteiger partial charge in [-0.2, -0.15) is 26.3 Å². The molecule has 0 radical (unpaired) electrons. The zero-order valence-corrected chi connectivity index (χ0v) is 17.2. The van der Waals surface area contributed by atoms with Crippen LogP contribution < -0.4 is 4.90 Å². The Morgan fingerprint density at radius 3 is 2.30 bits per heavy atom. The van der Waals surface area contributed by atoms with E-state index in [2.05, 4.69) is 16.8 Å². The Hall–Kier alpha value is -3.74. The number of alkyl halides is 6. The van der Waals surface area contributed by atoms with Crippen LogP contribution in [-0.2, 0) is 30.6 Å². The normalized spacial score (nSPS) is 11.6. The summed E-state index contributed by atoms with van der Waals surface area (Å²) in [4.78, 5) is 18.1. The molecular weight excluding hydrogens is 448 g/mol. The molecule has 1 amide bonds. The molecule has 10 heteroatoms. The number of nitrogens with zero attached hydrogens (tertiary/aromatic N) is 3. The van der Waals surface area contributed by atoms with E-state index in [1.54, 1.807) is 41.9 Å². The highest BCUT2D eigenvalue weighted by molar-refractivity contribution is 5.95. The number of carbonyl (C=O) groups is 1. The van der Waals surface area contributed by atoms with E-state index in [9.17, 15) is 31.1 Å². The maximum Gasteiger partial charge on any atom is 0.416 e. The Balaban J connectivity index is 1.93. The largest absolute Gasteiger partial charge is 0.416 e. The van der Waals surface area contributed by atoms with Crippen molar-refractivity contribution in [3.8, 4) is 11.8 Å². The third kappa shape index (κ3) is 5.94. The molecule has 0 fully saturated rings. The zero-order chi connectivity index (χ0) is 24.2. The zero-order valence-electron chi connectivity index (χ0n) is 17.2. The number of aryl methyl sites for hydroxylation is 1. The number of benzene rings is 2. The van der Waals surface area contributed by atoms with Crippen molar-refractivity contribution in [2.24, 2.45) is 7.05 Å². The third-order valence-electron chi connectivity index (χ3n) is 4.72. The van der Waals surface area contributed by atoms with E-state index in [0.717, 1.165) is 0 Å². The van der Waals surface area contributed by atoms with Crippen molar-refractivity contribution in [1.82, 2.24) is 9.55 Å². The maximum atomic E-state index is 13.5.